The molecule has 7 heteroatoms. The predicted octanol–water partition coefficient (Wildman–Crippen LogP) is 2.04. The molecule has 1 atom stereocenters. The minimum atomic E-state index is -0.575. The zero-order valence-electron chi connectivity index (χ0n) is 13.3. The second-order valence-electron chi connectivity index (χ2n) is 5.42. The highest BCUT2D eigenvalue weighted by atomic mass is 35.5. The molecule has 1 fully saturated rings. The first-order valence-corrected chi connectivity index (χ1v) is 7.36. The predicted molar refractivity (Wildman–Crippen MR) is 87.8 cm³/mol. The first kappa shape index (κ1) is 19.4. The highest BCUT2D eigenvalue weighted by Crippen LogP contribution is 2.19. The third kappa shape index (κ3) is 4.91. The summed E-state index contributed by atoms with van der Waals surface area (Å²) in [7, 11) is 3.13. The summed E-state index contributed by atoms with van der Waals surface area (Å²) in [5.74, 6) is -0.779. The second kappa shape index (κ2) is 8.84. The van der Waals surface area contributed by atoms with E-state index in [9.17, 15) is 14.0 Å². The van der Waals surface area contributed by atoms with Crippen molar-refractivity contribution < 1.29 is 18.7 Å². The number of amides is 1. The minimum Gasteiger partial charge on any atom is -0.494 e. The topological polar surface area (TPSA) is 58.6 Å². The van der Waals surface area contributed by atoms with E-state index in [1.807, 2.05) is 0 Å². The van der Waals surface area contributed by atoms with Crippen LogP contribution >= 0.6 is 12.4 Å². The summed E-state index contributed by atoms with van der Waals surface area (Å²) in [6.07, 6.45) is 1.15. The van der Waals surface area contributed by atoms with E-state index in [-0.39, 0.29) is 54.3 Å². The van der Waals surface area contributed by atoms with Gasteiger partial charge in [0.05, 0.1) is 7.11 Å². The van der Waals surface area contributed by atoms with Gasteiger partial charge in [-0.2, -0.15) is 0 Å². The summed E-state index contributed by atoms with van der Waals surface area (Å²) >= 11 is 0. The van der Waals surface area contributed by atoms with E-state index in [4.69, 9.17) is 4.74 Å². The van der Waals surface area contributed by atoms with Crippen molar-refractivity contribution in [3.05, 3.63) is 29.6 Å². The highest BCUT2D eigenvalue weighted by Gasteiger charge is 2.23. The lowest BCUT2D eigenvalue weighted by atomic mass is 10.1. The molecule has 23 heavy (non-hydrogen) atoms. The summed E-state index contributed by atoms with van der Waals surface area (Å²) in [4.78, 5) is 25.8. The maximum atomic E-state index is 13.6. The monoisotopic (exact) mass is 344 g/mol. The molecule has 2 rings (SSSR count). The van der Waals surface area contributed by atoms with Gasteiger partial charge in [-0.3, -0.25) is 9.59 Å². The molecule has 1 saturated heterocycles. The van der Waals surface area contributed by atoms with Gasteiger partial charge in [-0.25, -0.2) is 4.39 Å². The van der Waals surface area contributed by atoms with Crippen LogP contribution in [0.2, 0.25) is 0 Å². The number of halogens is 2. The molecule has 1 aliphatic rings. The maximum Gasteiger partial charge on any atom is 0.223 e. The summed E-state index contributed by atoms with van der Waals surface area (Å²) < 4.78 is 18.4. The molecule has 0 spiro atoms. The second-order valence-corrected chi connectivity index (χ2v) is 5.42. The molecule has 1 amide bonds. The SMILES string of the molecule is COc1ccc(C(=O)CCC(=O)N(C)C2CCNC2)cc1F.Cl. The summed E-state index contributed by atoms with van der Waals surface area (Å²) in [5.41, 5.74) is 0.260. The van der Waals surface area contributed by atoms with Gasteiger partial charge in [0.15, 0.2) is 17.3 Å². The van der Waals surface area contributed by atoms with Crippen LogP contribution in [0.4, 0.5) is 4.39 Å². The van der Waals surface area contributed by atoms with Gasteiger partial charge >= 0.3 is 0 Å². The number of Topliss-reactive ketones (excluding diaryl/α,β-unsaturated/α-hetero) is 1. The Morgan fingerprint density at radius 1 is 1.39 bits per heavy atom. The Hall–Kier alpha value is -1.66. The first-order valence-electron chi connectivity index (χ1n) is 7.36. The van der Waals surface area contributed by atoms with Crippen LogP contribution in [0.3, 0.4) is 0 Å². The van der Waals surface area contributed by atoms with Gasteiger partial charge < -0.3 is 15.0 Å². The van der Waals surface area contributed by atoms with E-state index in [1.54, 1.807) is 11.9 Å². The molecule has 1 aromatic rings. The number of rotatable bonds is 6. The normalized spacial score (nSPS) is 16.6. The zero-order valence-corrected chi connectivity index (χ0v) is 14.1. The molecule has 0 bridgehead atoms. The lowest BCUT2D eigenvalue weighted by Crippen LogP contribution is -2.38. The van der Waals surface area contributed by atoms with Crippen molar-refractivity contribution in [2.24, 2.45) is 0 Å². The van der Waals surface area contributed by atoms with E-state index >= 15 is 0 Å². The molecule has 0 aromatic heterocycles. The number of likely N-dealkylation sites (N-methyl/N-ethyl adjacent to an activating group) is 1. The summed E-state index contributed by atoms with van der Waals surface area (Å²) in [6.45, 7) is 1.70. The van der Waals surface area contributed by atoms with Crippen LogP contribution in [0.15, 0.2) is 18.2 Å². The number of hydrogen-bond acceptors (Lipinski definition) is 4. The van der Waals surface area contributed by atoms with E-state index < -0.39 is 5.82 Å². The van der Waals surface area contributed by atoms with Crippen LogP contribution in [0.5, 0.6) is 5.75 Å². The number of nitrogens with zero attached hydrogens (tertiary/aromatic N) is 1. The lowest BCUT2D eigenvalue weighted by Gasteiger charge is -2.23. The largest absolute Gasteiger partial charge is 0.494 e. The lowest BCUT2D eigenvalue weighted by molar-refractivity contribution is -0.131. The molecule has 1 N–H and O–H groups in total. The molecular weight excluding hydrogens is 323 g/mol. The fraction of sp³-hybridized carbons (Fsp3) is 0.500. The molecule has 128 valence electrons. The summed E-state index contributed by atoms with van der Waals surface area (Å²) in [6, 6.07) is 4.28. The van der Waals surface area contributed by atoms with Crippen LogP contribution in [0.1, 0.15) is 29.6 Å². The van der Waals surface area contributed by atoms with Crippen LogP contribution in [-0.2, 0) is 4.79 Å². The Morgan fingerprint density at radius 2 is 2.13 bits per heavy atom. The van der Waals surface area contributed by atoms with Gasteiger partial charge in [0.2, 0.25) is 5.91 Å². The summed E-state index contributed by atoms with van der Waals surface area (Å²) in [5, 5.41) is 3.20. The van der Waals surface area contributed by atoms with E-state index in [1.165, 1.54) is 19.2 Å². The molecular formula is C16H22ClFN2O3. The molecule has 0 radical (unpaired) electrons. The van der Waals surface area contributed by atoms with Gasteiger partial charge in [0.25, 0.3) is 0 Å². The Morgan fingerprint density at radius 3 is 2.70 bits per heavy atom. The van der Waals surface area contributed by atoms with Crippen molar-refractivity contribution in [3.8, 4) is 5.75 Å². The third-order valence-corrected chi connectivity index (χ3v) is 4.02. The number of ether oxygens (including phenoxy) is 1. The Labute approximate surface area is 141 Å². The highest BCUT2D eigenvalue weighted by molar-refractivity contribution is 5.98. The van der Waals surface area contributed by atoms with E-state index in [2.05, 4.69) is 5.32 Å². The Kier molecular flexibility index (Phi) is 7.45. The molecule has 0 saturated carbocycles. The van der Waals surface area contributed by atoms with Crippen LogP contribution < -0.4 is 10.1 Å². The quantitative estimate of drug-likeness (QED) is 0.802. The standard InChI is InChI=1S/C16H21FN2O3.ClH/c1-19(12-7-8-18-10-12)16(21)6-4-14(20)11-3-5-15(22-2)13(17)9-11;/h3,5,9,12,18H,4,6-8,10H2,1-2H3;1H. The van der Waals surface area contributed by atoms with Crippen molar-refractivity contribution in [3.63, 3.8) is 0 Å². The Bertz CT molecular complexity index is 562. The van der Waals surface area contributed by atoms with Crippen molar-refractivity contribution >= 4 is 24.1 Å². The first-order chi connectivity index (χ1) is 10.5. The minimum absolute atomic E-state index is 0. The third-order valence-electron chi connectivity index (χ3n) is 4.02. The van der Waals surface area contributed by atoms with Crippen molar-refractivity contribution in [1.29, 1.82) is 0 Å². The van der Waals surface area contributed by atoms with Gasteiger partial charge in [0.1, 0.15) is 0 Å². The van der Waals surface area contributed by atoms with Gasteiger partial charge in [-0.15, -0.1) is 12.4 Å². The number of hydrogen-bond donors (Lipinski definition) is 1. The van der Waals surface area contributed by atoms with Gasteiger partial charge in [0, 0.05) is 38.0 Å². The van der Waals surface area contributed by atoms with Crippen molar-refractivity contribution in [1.82, 2.24) is 10.2 Å². The molecule has 1 heterocycles. The number of carbonyl (C=O) groups excluding carboxylic acids is 2. The van der Waals surface area contributed by atoms with Crippen LogP contribution in [0.25, 0.3) is 0 Å². The molecule has 1 unspecified atom stereocenters. The van der Waals surface area contributed by atoms with Crippen LogP contribution in [0, 0.1) is 5.82 Å². The number of methoxy groups -OCH3 is 1. The fourth-order valence-electron chi connectivity index (χ4n) is 2.55. The van der Waals surface area contributed by atoms with Crippen molar-refractivity contribution in [2.75, 3.05) is 27.2 Å². The number of benzene rings is 1. The van der Waals surface area contributed by atoms with Crippen LogP contribution in [-0.4, -0.2) is 49.9 Å². The average Bonchev–Trinajstić information content (AvgIpc) is 3.05. The maximum absolute atomic E-state index is 13.6. The molecule has 5 nitrogen and oxygen atoms in total. The fourth-order valence-corrected chi connectivity index (χ4v) is 2.55. The van der Waals surface area contributed by atoms with Crippen molar-refractivity contribution in [2.45, 2.75) is 25.3 Å². The molecule has 1 aromatic carbocycles. The zero-order chi connectivity index (χ0) is 16.1. The smallest absolute Gasteiger partial charge is 0.223 e. The average molecular weight is 345 g/mol. The molecule has 1 aliphatic heterocycles. The number of nitrogens with one attached hydrogen (secondary N) is 1. The van der Waals surface area contributed by atoms with Gasteiger partial charge in [-0.1, -0.05) is 0 Å². The van der Waals surface area contributed by atoms with Gasteiger partial charge in [-0.05, 0) is 31.2 Å². The number of ketones is 1. The van der Waals surface area contributed by atoms with E-state index in [0.717, 1.165) is 25.6 Å². The Balaban J connectivity index is 0.00000264. The van der Waals surface area contributed by atoms with E-state index in [0.29, 0.717) is 0 Å². The number of carbonyl (C=O) groups is 2. The molecule has 0 aliphatic carbocycles.